The van der Waals surface area contributed by atoms with E-state index in [1.807, 2.05) is 29.6 Å². The number of carbonyl (C=O) groups excluding carboxylic acids is 1. The van der Waals surface area contributed by atoms with Crippen molar-refractivity contribution >= 4 is 22.4 Å². The predicted octanol–water partition coefficient (Wildman–Crippen LogP) is 3.56. The standard InChI is InChI=1S/C19H25N3O2S/c1-14-7-9-22(10-8-14)12-16-13-25-19(20-16)21-18(23)11-15-3-5-17(24-2)6-4-15/h3-6,13-14H,7-12H2,1-2H3,(H,20,21,23). The van der Waals surface area contributed by atoms with Crippen molar-refractivity contribution in [2.75, 3.05) is 25.5 Å². The van der Waals surface area contributed by atoms with E-state index in [0.717, 1.165) is 42.6 Å². The summed E-state index contributed by atoms with van der Waals surface area (Å²) < 4.78 is 5.13. The maximum absolute atomic E-state index is 12.2. The number of ether oxygens (including phenoxy) is 1. The average molecular weight is 359 g/mol. The number of thiazole rings is 1. The zero-order valence-electron chi connectivity index (χ0n) is 14.8. The minimum absolute atomic E-state index is 0.0436. The van der Waals surface area contributed by atoms with Gasteiger partial charge in [0.25, 0.3) is 0 Å². The molecule has 6 heteroatoms. The Bertz CT molecular complexity index is 691. The van der Waals surface area contributed by atoms with Gasteiger partial charge in [0.2, 0.25) is 5.91 Å². The summed E-state index contributed by atoms with van der Waals surface area (Å²) in [6, 6.07) is 7.54. The van der Waals surface area contributed by atoms with Gasteiger partial charge in [-0.2, -0.15) is 0 Å². The van der Waals surface area contributed by atoms with E-state index in [1.165, 1.54) is 24.2 Å². The zero-order chi connectivity index (χ0) is 17.6. The molecule has 5 nitrogen and oxygen atoms in total. The van der Waals surface area contributed by atoms with Gasteiger partial charge in [0.15, 0.2) is 5.13 Å². The van der Waals surface area contributed by atoms with Crippen LogP contribution >= 0.6 is 11.3 Å². The number of likely N-dealkylation sites (tertiary alicyclic amines) is 1. The summed E-state index contributed by atoms with van der Waals surface area (Å²) >= 11 is 1.49. The van der Waals surface area contributed by atoms with Crippen LogP contribution < -0.4 is 10.1 Å². The van der Waals surface area contributed by atoms with Crippen LogP contribution in [0.5, 0.6) is 5.75 Å². The second kappa shape index (κ2) is 8.45. The van der Waals surface area contributed by atoms with Crippen LogP contribution in [0.1, 0.15) is 31.0 Å². The predicted molar refractivity (Wildman–Crippen MR) is 101 cm³/mol. The first-order valence-corrected chi connectivity index (χ1v) is 9.60. The van der Waals surface area contributed by atoms with Gasteiger partial charge >= 0.3 is 0 Å². The molecule has 0 atom stereocenters. The van der Waals surface area contributed by atoms with Gasteiger partial charge in [-0.25, -0.2) is 4.98 Å². The fourth-order valence-electron chi connectivity index (χ4n) is 2.98. The molecule has 134 valence electrons. The minimum atomic E-state index is -0.0436. The quantitative estimate of drug-likeness (QED) is 0.857. The summed E-state index contributed by atoms with van der Waals surface area (Å²) in [5.74, 6) is 1.58. The van der Waals surface area contributed by atoms with Gasteiger partial charge in [0, 0.05) is 11.9 Å². The highest BCUT2D eigenvalue weighted by molar-refractivity contribution is 7.13. The van der Waals surface area contributed by atoms with Gasteiger partial charge in [-0.05, 0) is 49.5 Å². The fourth-order valence-corrected chi connectivity index (χ4v) is 3.70. The van der Waals surface area contributed by atoms with Crippen molar-refractivity contribution in [3.05, 3.63) is 40.9 Å². The average Bonchev–Trinajstić information content (AvgIpc) is 3.04. The number of rotatable bonds is 6. The largest absolute Gasteiger partial charge is 0.497 e. The summed E-state index contributed by atoms with van der Waals surface area (Å²) in [5, 5.41) is 5.62. The molecule has 1 saturated heterocycles. The van der Waals surface area contributed by atoms with Crippen LogP contribution in [0.4, 0.5) is 5.13 Å². The lowest BCUT2D eigenvalue weighted by Crippen LogP contribution is -2.32. The van der Waals surface area contributed by atoms with Crippen molar-refractivity contribution in [3.63, 3.8) is 0 Å². The van der Waals surface area contributed by atoms with Crippen molar-refractivity contribution in [3.8, 4) is 5.75 Å². The molecule has 2 heterocycles. The molecular weight excluding hydrogens is 334 g/mol. The van der Waals surface area contributed by atoms with E-state index >= 15 is 0 Å². The SMILES string of the molecule is COc1ccc(CC(=O)Nc2nc(CN3CCC(C)CC3)cs2)cc1. The van der Waals surface area contributed by atoms with E-state index in [-0.39, 0.29) is 5.91 Å². The number of piperidine rings is 1. The van der Waals surface area contributed by atoms with Crippen molar-refractivity contribution in [2.24, 2.45) is 5.92 Å². The zero-order valence-corrected chi connectivity index (χ0v) is 15.6. The molecule has 0 radical (unpaired) electrons. The molecular formula is C19H25N3O2S. The maximum atomic E-state index is 12.2. The van der Waals surface area contributed by atoms with Crippen LogP contribution in [0.2, 0.25) is 0 Å². The van der Waals surface area contributed by atoms with Crippen LogP contribution in [0.3, 0.4) is 0 Å². The summed E-state index contributed by atoms with van der Waals surface area (Å²) in [6.45, 7) is 5.46. The molecule has 1 aromatic carbocycles. The Morgan fingerprint density at radius 1 is 1.32 bits per heavy atom. The van der Waals surface area contributed by atoms with Crippen LogP contribution in [-0.2, 0) is 17.8 Å². The number of hydrogen-bond donors (Lipinski definition) is 1. The lowest BCUT2D eigenvalue weighted by atomic mass is 9.99. The number of nitrogens with zero attached hydrogens (tertiary/aromatic N) is 2. The van der Waals surface area contributed by atoms with E-state index in [1.54, 1.807) is 7.11 Å². The molecule has 0 saturated carbocycles. The summed E-state index contributed by atoms with van der Waals surface area (Å²) in [4.78, 5) is 19.2. The molecule has 0 unspecified atom stereocenters. The molecule has 1 aliphatic heterocycles. The lowest BCUT2D eigenvalue weighted by molar-refractivity contribution is -0.115. The van der Waals surface area contributed by atoms with E-state index in [9.17, 15) is 4.79 Å². The molecule has 1 aliphatic rings. The van der Waals surface area contributed by atoms with Gasteiger partial charge in [-0.15, -0.1) is 11.3 Å². The minimum Gasteiger partial charge on any atom is -0.497 e. The summed E-state index contributed by atoms with van der Waals surface area (Å²) in [7, 11) is 1.63. The van der Waals surface area contributed by atoms with Gasteiger partial charge in [0.1, 0.15) is 5.75 Å². The van der Waals surface area contributed by atoms with Crippen LogP contribution in [0, 0.1) is 5.92 Å². The number of benzene rings is 1. The van der Waals surface area contributed by atoms with Crippen molar-refractivity contribution < 1.29 is 9.53 Å². The Morgan fingerprint density at radius 3 is 2.72 bits per heavy atom. The smallest absolute Gasteiger partial charge is 0.230 e. The summed E-state index contributed by atoms with van der Waals surface area (Å²) in [5.41, 5.74) is 2.00. The second-order valence-electron chi connectivity index (χ2n) is 6.68. The second-order valence-corrected chi connectivity index (χ2v) is 7.53. The number of anilines is 1. The molecule has 25 heavy (non-hydrogen) atoms. The first-order valence-electron chi connectivity index (χ1n) is 8.72. The monoisotopic (exact) mass is 359 g/mol. The molecule has 0 spiro atoms. The third-order valence-corrected chi connectivity index (χ3v) is 5.39. The number of hydrogen-bond acceptors (Lipinski definition) is 5. The molecule has 1 aromatic heterocycles. The molecule has 0 bridgehead atoms. The van der Waals surface area contributed by atoms with Gasteiger partial charge in [-0.1, -0.05) is 19.1 Å². The Kier molecular flexibility index (Phi) is 6.04. The van der Waals surface area contributed by atoms with Crippen LogP contribution in [0.25, 0.3) is 0 Å². The van der Waals surface area contributed by atoms with Crippen LogP contribution in [-0.4, -0.2) is 36.0 Å². The van der Waals surface area contributed by atoms with E-state index in [0.29, 0.717) is 11.6 Å². The number of methoxy groups -OCH3 is 1. The third kappa shape index (κ3) is 5.28. The van der Waals surface area contributed by atoms with Crippen molar-refractivity contribution in [1.29, 1.82) is 0 Å². The van der Waals surface area contributed by atoms with Gasteiger partial charge in [0.05, 0.1) is 19.2 Å². The molecule has 1 N–H and O–H groups in total. The van der Waals surface area contributed by atoms with Crippen molar-refractivity contribution in [2.45, 2.75) is 32.7 Å². The van der Waals surface area contributed by atoms with Gasteiger partial charge < -0.3 is 10.1 Å². The normalized spacial score (nSPS) is 15.9. The topological polar surface area (TPSA) is 54.5 Å². The number of amides is 1. The van der Waals surface area contributed by atoms with E-state index in [2.05, 4.69) is 22.1 Å². The Morgan fingerprint density at radius 2 is 2.04 bits per heavy atom. The van der Waals surface area contributed by atoms with Gasteiger partial charge in [-0.3, -0.25) is 9.69 Å². The third-order valence-electron chi connectivity index (χ3n) is 4.58. The highest BCUT2D eigenvalue weighted by Gasteiger charge is 2.17. The highest BCUT2D eigenvalue weighted by atomic mass is 32.1. The Hall–Kier alpha value is -1.92. The first-order chi connectivity index (χ1) is 12.1. The Labute approximate surface area is 153 Å². The first kappa shape index (κ1) is 17.9. The number of nitrogens with one attached hydrogen (secondary N) is 1. The van der Waals surface area contributed by atoms with E-state index < -0.39 is 0 Å². The molecule has 3 rings (SSSR count). The highest BCUT2D eigenvalue weighted by Crippen LogP contribution is 2.21. The summed E-state index contributed by atoms with van der Waals surface area (Å²) in [6.07, 6.45) is 2.86. The van der Waals surface area contributed by atoms with Crippen molar-refractivity contribution in [1.82, 2.24) is 9.88 Å². The molecule has 0 aliphatic carbocycles. The molecule has 1 amide bonds. The number of aromatic nitrogens is 1. The Balaban J connectivity index is 1.49. The molecule has 2 aromatic rings. The van der Waals surface area contributed by atoms with Crippen LogP contribution in [0.15, 0.2) is 29.6 Å². The number of carbonyl (C=O) groups is 1. The molecule has 1 fully saturated rings. The van der Waals surface area contributed by atoms with E-state index in [4.69, 9.17) is 4.74 Å². The maximum Gasteiger partial charge on any atom is 0.230 e. The lowest BCUT2D eigenvalue weighted by Gasteiger charge is -2.29. The fraction of sp³-hybridized carbons (Fsp3) is 0.474.